The average molecular weight is 370 g/mol. The second kappa shape index (κ2) is 6.22. The summed E-state index contributed by atoms with van der Waals surface area (Å²) in [6.45, 7) is 1.90. The molecule has 1 aliphatic carbocycles. The first-order chi connectivity index (χ1) is 11.3. The van der Waals surface area contributed by atoms with Gasteiger partial charge in [0, 0.05) is 12.2 Å². The molecule has 0 spiro atoms. The molecule has 0 amide bonds. The molecule has 1 saturated carbocycles. The molecule has 24 heavy (non-hydrogen) atoms. The lowest BCUT2D eigenvalue weighted by Crippen LogP contribution is -2.11. The highest BCUT2D eigenvalue weighted by molar-refractivity contribution is 7.91. The smallest absolute Gasteiger partial charge is 0.201 e. The molecule has 1 fully saturated rings. The molecular formula is C16H16ClNO5S. The minimum atomic E-state index is -3.67. The van der Waals surface area contributed by atoms with E-state index in [-0.39, 0.29) is 39.5 Å². The van der Waals surface area contributed by atoms with Crippen LogP contribution < -0.4 is 4.74 Å². The number of ketones is 1. The van der Waals surface area contributed by atoms with E-state index in [1.54, 1.807) is 6.92 Å². The van der Waals surface area contributed by atoms with E-state index in [2.05, 4.69) is 5.16 Å². The summed E-state index contributed by atoms with van der Waals surface area (Å²) in [7, 11) is -3.67. The highest BCUT2D eigenvalue weighted by atomic mass is 35.5. The van der Waals surface area contributed by atoms with Gasteiger partial charge in [-0.3, -0.25) is 4.79 Å². The van der Waals surface area contributed by atoms with E-state index in [1.807, 2.05) is 0 Å². The minimum Gasteiger partial charge on any atom is -0.492 e. The number of carbonyl (C=O) groups excluding carboxylic acids is 1. The molecule has 2 aromatic rings. The number of ether oxygens (including phenoxy) is 1. The van der Waals surface area contributed by atoms with Gasteiger partial charge in [0.15, 0.2) is 15.6 Å². The lowest BCUT2D eigenvalue weighted by molar-refractivity contribution is 0.103. The second-order valence-corrected chi connectivity index (χ2v) is 8.04. The molecule has 1 aromatic heterocycles. The first kappa shape index (κ1) is 17.0. The van der Waals surface area contributed by atoms with Gasteiger partial charge in [-0.05, 0) is 31.9 Å². The number of nitrogens with zero attached hydrogens (tertiary/aromatic N) is 1. The minimum absolute atomic E-state index is 0.0187. The molecule has 1 aliphatic rings. The van der Waals surface area contributed by atoms with Gasteiger partial charge in [0.1, 0.15) is 11.2 Å². The molecule has 0 radical (unpaired) electrons. The Kier molecular flexibility index (Phi) is 4.40. The molecule has 0 unspecified atom stereocenters. The van der Waals surface area contributed by atoms with Crippen molar-refractivity contribution in [3.63, 3.8) is 0 Å². The zero-order valence-corrected chi connectivity index (χ0v) is 14.8. The van der Waals surface area contributed by atoms with E-state index in [0.29, 0.717) is 11.3 Å². The van der Waals surface area contributed by atoms with Crippen LogP contribution in [0.5, 0.6) is 5.75 Å². The van der Waals surface area contributed by atoms with Gasteiger partial charge in [0.2, 0.25) is 5.78 Å². The zero-order valence-electron chi connectivity index (χ0n) is 13.2. The standard InChI is InChI=1S/C16H16ClNO5S/c1-3-22-15-10(6-7-12(17)16(15)24(2,20)21)14(19)11-8-23-18-13(11)9-4-5-9/h6-9H,3-5H2,1-2H3. The van der Waals surface area contributed by atoms with Gasteiger partial charge in [-0.25, -0.2) is 8.42 Å². The quantitative estimate of drug-likeness (QED) is 0.726. The van der Waals surface area contributed by atoms with Crippen molar-refractivity contribution >= 4 is 27.2 Å². The third-order valence-corrected chi connectivity index (χ3v) is 5.35. The predicted molar refractivity (Wildman–Crippen MR) is 87.6 cm³/mol. The van der Waals surface area contributed by atoms with Crippen molar-refractivity contribution in [1.82, 2.24) is 5.16 Å². The van der Waals surface area contributed by atoms with Crippen molar-refractivity contribution in [2.24, 2.45) is 0 Å². The molecule has 6 nitrogen and oxygen atoms in total. The maximum atomic E-state index is 12.9. The first-order valence-corrected chi connectivity index (χ1v) is 9.75. The van der Waals surface area contributed by atoms with E-state index in [1.165, 1.54) is 18.4 Å². The Morgan fingerprint density at radius 3 is 2.67 bits per heavy atom. The number of rotatable bonds is 6. The van der Waals surface area contributed by atoms with Crippen LogP contribution in [0.25, 0.3) is 0 Å². The van der Waals surface area contributed by atoms with Crippen molar-refractivity contribution in [3.05, 3.63) is 40.2 Å². The van der Waals surface area contributed by atoms with Crippen LogP contribution in [0, 0.1) is 0 Å². The number of benzene rings is 1. The normalized spacial score (nSPS) is 14.6. The molecule has 0 atom stereocenters. The maximum absolute atomic E-state index is 12.9. The molecule has 0 saturated heterocycles. The molecule has 0 N–H and O–H groups in total. The van der Waals surface area contributed by atoms with Gasteiger partial charge in [-0.1, -0.05) is 16.8 Å². The summed E-state index contributed by atoms with van der Waals surface area (Å²) in [5.74, 6) is -0.191. The van der Waals surface area contributed by atoms with Gasteiger partial charge in [-0.2, -0.15) is 0 Å². The van der Waals surface area contributed by atoms with Crippen LogP contribution in [-0.4, -0.2) is 32.2 Å². The molecule has 0 bridgehead atoms. The topological polar surface area (TPSA) is 86.5 Å². The highest BCUT2D eigenvalue weighted by Gasteiger charge is 2.34. The summed E-state index contributed by atoms with van der Waals surface area (Å²) in [4.78, 5) is 12.7. The number of halogens is 1. The van der Waals surface area contributed by atoms with Crippen LogP contribution >= 0.6 is 11.6 Å². The van der Waals surface area contributed by atoms with Crippen LogP contribution in [0.4, 0.5) is 0 Å². The SMILES string of the molecule is CCOc1c(C(=O)c2conc2C2CC2)ccc(Cl)c1S(C)(=O)=O. The van der Waals surface area contributed by atoms with Crippen LogP contribution in [0.2, 0.25) is 5.02 Å². The summed E-state index contributed by atoms with van der Waals surface area (Å²) < 4.78 is 34.6. The van der Waals surface area contributed by atoms with Crippen LogP contribution in [-0.2, 0) is 9.84 Å². The van der Waals surface area contributed by atoms with E-state index in [9.17, 15) is 13.2 Å². The monoisotopic (exact) mass is 369 g/mol. The Labute approximate surface area is 144 Å². The van der Waals surface area contributed by atoms with Crippen LogP contribution in [0.1, 0.15) is 47.3 Å². The fourth-order valence-electron chi connectivity index (χ4n) is 2.56. The summed E-state index contributed by atoms with van der Waals surface area (Å²) in [6, 6.07) is 2.85. The third kappa shape index (κ3) is 3.06. The van der Waals surface area contributed by atoms with Gasteiger partial charge in [0.25, 0.3) is 0 Å². The fraction of sp³-hybridized carbons (Fsp3) is 0.375. The van der Waals surface area contributed by atoms with Gasteiger partial charge in [0.05, 0.1) is 28.5 Å². The number of hydrogen-bond acceptors (Lipinski definition) is 6. The van der Waals surface area contributed by atoms with Gasteiger partial charge >= 0.3 is 0 Å². The van der Waals surface area contributed by atoms with E-state index in [4.69, 9.17) is 20.9 Å². The van der Waals surface area contributed by atoms with Crippen molar-refractivity contribution in [3.8, 4) is 5.75 Å². The third-order valence-electron chi connectivity index (χ3n) is 3.77. The van der Waals surface area contributed by atoms with Crippen LogP contribution in [0.15, 0.2) is 27.8 Å². The number of aromatic nitrogens is 1. The van der Waals surface area contributed by atoms with Crippen molar-refractivity contribution in [2.45, 2.75) is 30.6 Å². The summed E-state index contributed by atoms with van der Waals surface area (Å²) in [5, 5.41) is 3.93. The van der Waals surface area contributed by atoms with Crippen LogP contribution in [0.3, 0.4) is 0 Å². The molecule has 1 aromatic carbocycles. The first-order valence-electron chi connectivity index (χ1n) is 7.49. The molecule has 0 aliphatic heterocycles. The molecule has 1 heterocycles. The Morgan fingerprint density at radius 2 is 2.08 bits per heavy atom. The average Bonchev–Trinajstić information content (AvgIpc) is 3.23. The largest absolute Gasteiger partial charge is 0.492 e. The molecule has 8 heteroatoms. The summed E-state index contributed by atoms with van der Waals surface area (Å²) >= 11 is 6.04. The Hall–Kier alpha value is -1.86. The maximum Gasteiger partial charge on any atom is 0.201 e. The van der Waals surface area contributed by atoms with E-state index in [0.717, 1.165) is 19.1 Å². The summed E-state index contributed by atoms with van der Waals surface area (Å²) in [5.41, 5.74) is 1.07. The van der Waals surface area contributed by atoms with Crippen molar-refractivity contribution < 1.29 is 22.5 Å². The van der Waals surface area contributed by atoms with Crippen molar-refractivity contribution in [2.75, 3.05) is 12.9 Å². The van der Waals surface area contributed by atoms with E-state index < -0.39 is 9.84 Å². The number of hydrogen-bond donors (Lipinski definition) is 0. The summed E-state index contributed by atoms with van der Waals surface area (Å²) in [6.07, 6.45) is 4.24. The lowest BCUT2D eigenvalue weighted by atomic mass is 10.0. The highest BCUT2D eigenvalue weighted by Crippen LogP contribution is 2.42. The Bertz CT molecular complexity index is 899. The second-order valence-electron chi connectivity index (χ2n) is 5.68. The predicted octanol–water partition coefficient (Wildman–Crippen LogP) is 3.24. The molecular weight excluding hydrogens is 354 g/mol. The lowest BCUT2D eigenvalue weighted by Gasteiger charge is -2.14. The van der Waals surface area contributed by atoms with E-state index >= 15 is 0 Å². The Morgan fingerprint density at radius 1 is 1.38 bits per heavy atom. The fourth-order valence-corrected chi connectivity index (χ4v) is 4.06. The van der Waals surface area contributed by atoms with Gasteiger partial charge in [-0.15, -0.1) is 0 Å². The van der Waals surface area contributed by atoms with Gasteiger partial charge < -0.3 is 9.26 Å². The molecule has 128 valence electrons. The zero-order chi connectivity index (χ0) is 17.5. The number of carbonyl (C=O) groups is 1. The van der Waals surface area contributed by atoms with Crippen molar-refractivity contribution in [1.29, 1.82) is 0 Å². The molecule has 3 rings (SSSR count). The Balaban J connectivity index is 2.16. The number of sulfone groups is 1.